The predicted octanol–water partition coefficient (Wildman–Crippen LogP) is 0.942. The number of thioether (sulfide) groups is 1. The number of carbonyl (C=O) groups is 1. The maximum absolute atomic E-state index is 13.3. The number of hydrogen-bond acceptors (Lipinski definition) is 7. The molecule has 0 radical (unpaired) electrons. The molecule has 0 saturated carbocycles. The van der Waals surface area contributed by atoms with E-state index in [0.717, 1.165) is 63.0 Å². The van der Waals surface area contributed by atoms with Crippen LogP contribution in [0.1, 0.15) is 16.8 Å². The second-order valence-corrected chi connectivity index (χ2v) is 7.95. The monoisotopic (exact) mass is 388 g/mol. The molecule has 2 saturated heterocycles. The van der Waals surface area contributed by atoms with E-state index < -0.39 is 0 Å². The first-order chi connectivity index (χ1) is 13.3. The molecule has 2 aliphatic rings. The van der Waals surface area contributed by atoms with Crippen LogP contribution in [0, 0.1) is 0 Å². The van der Waals surface area contributed by atoms with Crippen LogP contribution in [0.5, 0.6) is 0 Å². The normalized spacial score (nSPS) is 21.8. The van der Waals surface area contributed by atoms with Crippen molar-refractivity contribution in [1.82, 2.24) is 30.0 Å². The molecular weight excluding hydrogens is 364 g/mol. The summed E-state index contributed by atoms with van der Waals surface area (Å²) in [5.41, 5.74) is 1.47. The third-order valence-electron chi connectivity index (χ3n) is 4.98. The standard InChI is InChI=1S/C18H24N6O2S/c25-18(15-3-1-4-16(11-15)24-14-19-20-21-24)23-5-2-10-27-13-17(23)12-22-6-8-26-9-7-22/h1,3-4,11,14,17H,2,5-10,12-13H2. The zero-order valence-electron chi connectivity index (χ0n) is 15.2. The number of morpholine rings is 1. The molecule has 144 valence electrons. The zero-order chi connectivity index (χ0) is 18.5. The number of rotatable bonds is 4. The summed E-state index contributed by atoms with van der Waals surface area (Å²) in [5, 5.41) is 11.3. The molecule has 2 fully saturated rings. The highest BCUT2D eigenvalue weighted by atomic mass is 32.2. The van der Waals surface area contributed by atoms with Crippen LogP contribution < -0.4 is 0 Å². The van der Waals surface area contributed by atoms with Gasteiger partial charge in [-0.1, -0.05) is 6.07 Å². The third-order valence-corrected chi connectivity index (χ3v) is 6.18. The highest BCUT2D eigenvalue weighted by Gasteiger charge is 2.29. The molecule has 1 atom stereocenters. The second-order valence-electron chi connectivity index (χ2n) is 6.80. The minimum atomic E-state index is 0.0886. The molecule has 1 aromatic carbocycles. The molecule has 0 spiro atoms. The van der Waals surface area contributed by atoms with E-state index in [9.17, 15) is 4.79 Å². The summed E-state index contributed by atoms with van der Waals surface area (Å²) in [7, 11) is 0. The van der Waals surface area contributed by atoms with Gasteiger partial charge >= 0.3 is 0 Å². The van der Waals surface area contributed by atoms with E-state index in [2.05, 4.69) is 25.3 Å². The molecule has 27 heavy (non-hydrogen) atoms. The Bertz CT molecular complexity index is 750. The zero-order valence-corrected chi connectivity index (χ0v) is 16.1. The molecule has 1 aromatic heterocycles. The average molecular weight is 388 g/mol. The number of nitrogens with zero attached hydrogens (tertiary/aromatic N) is 6. The number of aromatic nitrogens is 4. The maximum atomic E-state index is 13.3. The first kappa shape index (κ1) is 18.4. The second kappa shape index (κ2) is 8.81. The van der Waals surface area contributed by atoms with Gasteiger partial charge in [0.15, 0.2) is 0 Å². The van der Waals surface area contributed by atoms with Crippen LogP contribution in [0.3, 0.4) is 0 Å². The van der Waals surface area contributed by atoms with Crippen molar-refractivity contribution in [3.63, 3.8) is 0 Å². The Hall–Kier alpha value is -1.97. The minimum absolute atomic E-state index is 0.0886. The smallest absolute Gasteiger partial charge is 0.254 e. The van der Waals surface area contributed by atoms with Crippen molar-refractivity contribution in [1.29, 1.82) is 0 Å². The minimum Gasteiger partial charge on any atom is -0.379 e. The van der Waals surface area contributed by atoms with E-state index in [1.165, 1.54) is 6.33 Å². The average Bonchev–Trinajstić information content (AvgIpc) is 3.16. The fourth-order valence-electron chi connectivity index (χ4n) is 3.56. The first-order valence-electron chi connectivity index (χ1n) is 9.33. The lowest BCUT2D eigenvalue weighted by Crippen LogP contribution is -2.50. The number of ether oxygens (including phenoxy) is 1. The molecule has 1 unspecified atom stereocenters. The summed E-state index contributed by atoms with van der Waals surface area (Å²) in [6.45, 7) is 5.16. The van der Waals surface area contributed by atoms with E-state index >= 15 is 0 Å². The van der Waals surface area contributed by atoms with Gasteiger partial charge in [-0.25, -0.2) is 4.68 Å². The molecule has 9 heteroatoms. The SMILES string of the molecule is O=C(c1cccc(-n2cnnn2)c1)N1CCCSCC1CN1CCOCC1. The number of benzene rings is 1. The van der Waals surface area contributed by atoms with Crippen LogP contribution in [0.25, 0.3) is 5.69 Å². The van der Waals surface area contributed by atoms with Gasteiger partial charge in [-0.3, -0.25) is 9.69 Å². The Labute approximate surface area is 162 Å². The van der Waals surface area contributed by atoms with E-state index in [1.54, 1.807) is 4.68 Å². The van der Waals surface area contributed by atoms with Gasteiger partial charge in [0.1, 0.15) is 6.33 Å². The molecule has 1 amide bonds. The van der Waals surface area contributed by atoms with Crippen molar-refractivity contribution in [3.05, 3.63) is 36.2 Å². The maximum Gasteiger partial charge on any atom is 0.254 e. The highest BCUT2D eigenvalue weighted by Crippen LogP contribution is 2.21. The molecule has 2 aliphatic heterocycles. The van der Waals surface area contributed by atoms with E-state index in [1.807, 2.05) is 36.0 Å². The van der Waals surface area contributed by atoms with Gasteiger partial charge in [0.25, 0.3) is 5.91 Å². The number of carbonyl (C=O) groups excluding carboxylic acids is 1. The Morgan fingerprint density at radius 2 is 2.15 bits per heavy atom. The number of amides is 1. The summed E-state index contributed by atoms with van der Waals surface area (Å²) < 4.78 is 7.03. The van der Waals surface area contributed by atoms with Crippen LogP contribution in [-0.2, 0) is 4.74 Å². The quantitative estimate of drug-likeness (QED) is 0.772. The fourth-order valence-corrected chi connectivity index (χ4v) is 4.61. The Balaban J connectivity index is 1.53. The molecular formula is C18H24N6O2S. The first-order valence-corrected chi connectivity index (χ1v) is 10.5. The van der Waals surface area contributed by atoms with Crippen LogP contribution in [0.4, 0.5) is 0 Å². The van der Waals surface area contributed by atoms with Crippen molar-refractivity contribution < 1.29 is 9.53 Å². The number of tetrazole rings is 1. The Morgan fingerprint density at radius 1 is 1.26 bits per heavy atom. The van der Waals surface area contributed by atoms with Gasteiger partial charge in [-0.2, -0.15) is 11.8 Å². The summed E-state index contributed by atoms with van der Waals surface area (Å²) >= 11 is 1.95. The topological polar surface area (TPSA) is 76.4 Å². The van der Waals surface area contributed by atoms with Crippen molar-refractivity contribution in [2.75, 3.05) is 50.9 Å². The molecule has 4 rings (SSSR count). The molecule has 0 aliphatic carbocycles. The fraction of sp³-hybridized carbons (Fsp3) is 0.556. The summed E-state index contributed by atoms with van der Waals surface area (Å²) in [6.07, 6.45) is 2.57. The van der Waals surface area contributed by atoms with Crippen LogP contribution >= 0.6 is 11.8 Å². The summed E-state index contributed by atoms with van der Waals surface area (Å²) in [4.78, 5) is 17.8. The lowest BCUT2D eigenvalue weighted by Gasteiger charge is -2.35. The van der Waals surface area contributed by atoms with Crippen molar-refractivity contribution >= 4 is 17.7 Å². The van der Waals surface area contributed by atoms with Gasteiger partial charge < -0.3 is 9.64 Å². The predicted molar refractivity (Wildman–Crippen MR) is 103 cm³/mol. The van der Waals surface area contributed by atoms with Crippen LogP contribution in [0.15, 0.2) is 30.6 Å². The van der Waals surface area contributed by atoms with Gasteiger partial charge in [-0.15, -0.1) is 5.10 Å². The van der Waals surface area contributed by atoms with E-state index in [0.29, 0.717) is 5.56 Å². The van der Waals surface area contributed by atoms with Gasteiger partial charge in [-0.05, 0) is 40.8 Å². The summed E-state index contributed by atoms with van der Waals surface area (Å²) in [6, 6.07) is 7.74. The Morgan fingerprint density at radius 3 is 2.96 bits per heavy atom. The summed E-state index contributed by atoms with van der Waals surface area (Å²) in [5.74, 6) is 2.18. The van der Waals surface area contributed by atoms with Crippen molar-refractivity contribution in [3.8, 4) is 5.69 Å². The molecule has 0 N–H and O–H groups in total. The van der Waals surface area contributed by atoms with E-state index in [-0.39, 0.29) is 11.9 Å². The van der Waals surface area contributed by atoms with Gasteiger partial charge in [0.05, 0.1) is 24.9 Å². The molecule has 8 nitrogen and oxygen atoms in total. The third kappa shape index (κ3) is 4.48. The highest BCUT2D eigenvalue weighted by molar-refractivity contribution is 7.99. The number of hydrogen-bond donors (Lipinski definition) is 0. The molecule has 3 heterocycles. The van der Waals surface area contributed by atoms with Crippen LogP contribution in [-0.4, -0.2) is 92.9 Å². The lowest BCUT2D eigenvalue weighted by molar-refractivity contribution is 0.0245. The molecule has 2 aromatic rings. The molecule has 0 bridgehead atoms. The van der Waals surface area contributed by atoms with Crippen molar-refractivity contribution in [2.24, 2.45) is 0 Å². The van der Waals surface area contributed by atoms with E-state index in [4.69, 9.17) is 4.74 Å². The van der Waals surface area contributed by atoms with Crippen molar-refractivity contribution in [2.45, 2.75) is 12.5 Å². The lowest BCUT2D eigenvalue weighted by atomic mass is 10.1. The van der Waals surface area contributed by atoms with Gasteiger partial charge in [0, 0.05) is 37.5 Å². The van der Waals surface area contributed by atoms with Crippen LogP contribution in [0.2, 0.25) is 0 Å². The largest absolute Gasteiger partial charge is 0.379 e. The Kier molecular flexibility index (Phi) is 6.00. The van der Waals surface area contributed by atoms with Gasteiger partial charge in [0.2, 0.25) is 0 Å².